The van der Waals surface area contributed by atoms with Crippen LogP contribution in [-0.2, 0) is 9.84 Å². The van der Waals surface area contributed by atoms with Crippen molar-refractivity contribution in [3.8, 4) is 0 Å². The smallest absolute Gasteiger partial charge is 0.179 e. The van der Waals surface area contributed by atoms with Crippen LogP contribution in [0.5, 0.6) is 0 Å². The standard InChI is InChI=1S/C18H21NO2S/c20-22(21,17-9-5-2-6-10-17)12-11-19-14-16-13-18(16)15-7-3-1-4-8-15/h1-10,16,18-19H,11-14H2/t16-,18-/m0/s1. The highest BCUT2D eigenvalue weighted by atomic mass is 32.2. The Labute approximate surface area is 132 Å². The van der Waals surface area contributed by atoms with Crippen molar-refractivity contribution in [1.29, 1.82) is 0 Å². The molecule has 0 aliphatic heterocycles. The Morgan fingerprint density at radius 3 is 2.27 bits per heavy atom. The Kier molecular flexibility index (Phi) is 4.60. The number of benzene rings is 2. The van der Waals surface area contributed by atoms with Gasteiger partial charge in [0.05, 0.1) is 10.6 Å². The molecular weight excluding hydrogens is 294 g/mol. The Balaban J connectivity index is 1.42. The zero-order chi connectivity index (χ0) is 15.4. The van der Waals surface area contributed by atoms with Gasteiger partial charge in [-0.15, -0.1) is 0 Å². The monoisotopic (exact) mass is 315 g/mol. The summed E-state index contributed by atoms with van der Waals surface area (Å²) in [5.41, 5.74) is 1.39. The van der Waals surface area contributed by atoms with Gasteiger partial charge < -0.3 is 5.32 Å². The first kappa shape index (κ1) is 15.3. The molecule has 0 unspecified atom stereocenters. The summed E-state index contributed by atoms with van der Waals surface area (Å²) in [6.45, 7) is 1.40. The molecule has 2 atom stereocenters. The van der Waals surface area contributed by atoms with Gasteiger partial charge >= 0.3 is 0 Å². The van der Waals surface area contributed by atoms with E-state index in [9.17, 15) is 8.42 Å². The molecule has 4 heteroatoms. The molecule has 22 heavy (non-hydrogen) atoms. The molecule has 0 saturated heterocycles. The molecule has 1 aliphatic carbocycles. The highest BCUT2D eigenvalue weighted by molar-refractivity contribution is 7.91. The van der Waals surface area contributed by atoms with Gasteiger partial charge in [-0.25, -0.2) is 8.42 Å². The number of sulfone groups is 1. The lowest BCUT2D eigenvalue weighted by atomic mass is 10.1. The molecule has 0 amide bonds. The Bertz CT molecular complexity index is 698. The van der Waals surface area contributed by atoms with Crippen molar-refractivity contribution >= 4 is 9.84 Å². The Hall–Kier alpha value is -1.65. The second kappa shape index (κ2) is 6.63. The van der Waals surface area contributed by atoms with E-state index in [1.54, 1.807) is 24.3 Å². The molecule has 0 spiro atoms. The van der Waals surface area contributed by atoms with E-state index in [2.05, 4.69) is 29.6 Å². The molecule has 1 aliphatic rings. The zero-order valence-corrected chi connectivity index (χ0v) is 13.3. The van der Waals surface area contributed by atoms with Crippen molar-refractivity contribution in [2.24, 2.45) is 5.92 Å². The first-order chi connectivity index (χ1) is 10.7. The van der Waals surface area contributed by atoms with Crippen molar-refractivity contribution in [3.05, 3.63) is 66.2 Å². The second-order valence-electron chi connectivity index (χ2n) is 5.85. The molecule has 2 aromatic rings. The van der Waals surface area contributed by atoms with Crippen molar-refractivity contribution in [2.75, 3.05) is 18.8 Å². The van der Waals surface area contributed by atoms with Gasteiger partial charge in [0.15, 0.2) is 9.84 Å². The topological polar surface area (TPSA) is 46.2 Å². The van der Waals surface area contributed by atoms with E-state index in [0.717, 1.165) is 6.54 Å². The summed E-state index contributed by atoms with van der Waals surface area (Å²) in [5.74, 6) is 1.43. The third-order valence-corrected chi connectivity index (χ3v) is 5.94. The summed E-state index contributed by atoms with van der Waals surface area (Å²) >= 11 is 0. The molecule has 0 heterocycles. The maximum Gasteiger partial charge on any atom is 0.179 e. The second-order valence-corrected chi connectivity index (χ2v) is 7.96. The number of hydrogen-bond donors (Lipinski definition) is 1. The highest BCUT2D eigenvalue weighted by Gasteiger charge is 2.37. The molecule has 1 N–H and O–H groups in total. The van der Waals surface area contributed by atoms with Crippen molar-refractivity contribution in [3.63, 3.8) is 0 Å². The lowest BCUT2D eigenvalue weighted by Crippen LogP contribution is -2.25. The Morgan fingerprint density at radius 1 is 0.955 bits per heavy atom. The van der Waals surface area contributed by atoms with E-state index in [-0.39, 0.29) is 5.75 Å². The minimum Gasteiger partial charge on any atom is -0.315 e. The van der Waals surface area contributed by atoms with Crippen LogP contribution >= 0.6 is 0 Å². The summed E-state index contributed by atoms with van der Waals surface area (Å²) in [4.78, 5) is 0.408. The molecule has 1 fully saturated rings. The van der Waals surface area contributed by atoms with Crippen LogP contribution in [0, 0.1) is 5.92 Å². The van der Waals surface area contributed by atoms with E-state index in [1.165, 1.54) is 12.0 Å². The van der Waals surface area contributed by atoms with Crippen LogP contribution < -0.4 is 5.32 Å². The van der Waals surface area contributed by atoms with Gasteiger partial charge in [-0.1, -0.05) is 48.5 Å². The van der Waals surface area contributed by atoms with Gasteiger partial charge in [-0.2, -0.15) is 0 Å². The van der Waals surface area contributed by atoms with Crippen LogP contribution in [-0.4, -0.2) is 27.3 Å². The average molecular weight is 315 g/mol. The van der Waals surface area contributed by atoms with E-state index in [0.29, 0.717) is 23.3 Å². The molecule has 3 nitrogen and oxygen atoms in total. The van der Waals surface area contributed by atoms with Crippen molar-refractivity contribution in [1.82, 2.24) is 5.32 Å². The fraction of sp³-hybridized carbons (Fsp3) is 0.333. The summed E-state index contributed by atoms with van der Waals surface area (Å²) in [6.07, 6.45) is 1.20. The Morgan fingerprint density at radius 2 is 1.59 bits per heavy atom. The third-order valence-electron chi connectivity index (χ3n) is 4.21. The predicted molar refractivity (Wildman–Crippen MR) is 88.7 cm³/mol. The molecular formula is C18H21NO2S. The number of hydrogen-bond acceptors (Lipinski definition) is 3. The molecule has 0 aromatic heterocycles. The van der Waals surface area contributed by atoms with Crippen LogP contribution in [0.2, 0.25) is 0 Å². The van der Waals surface area contributed by atoms with Gasteiger partial charge in [0, 0.05) is 6.54 Å². The van der Waals surface area contributed by atoms with Gasteiger partial charge in [-0.05, 0) is 42.5 Å². The summed E-state index contributed by atoms with van der Waals surface area (Å²) < 4.78 is 24.3. The maximum absolute atomic E-state index is 12.1. The minimum absolute atomic E-state index is 0.153. The number of rotatable bonds is 7. The van der Waals surface area contributed by atoms with Gasteiger partial charge in [0.2, 0.25) is 0 Å². The van der Waals surface area contributed by atoms with E-state index >= 15 is 0 Å². The largest absolute Gasteiger partial charge is 0.315 e. The third kappa shape index (κ3) is 3.76. The normalized spacial score (nSPS) is 20.7. The lowest BCUT2D eigenvalue weighted by Gasteiger charge is -2.06. The molecule has 2 aromatic carbocycles. The SMILES string of the molecule is O=S(=O)(CCNC[C@@H]1C[C@H]1c1ccccc1)c1ccccc1. The molecule has 0 bridgehead atoms. The lowest BCUT2D eigenvalue weighted by molar-refractivity contribution is 0.587. The van der Waals surface area contributed by atoms with Crippen LogP contribution in [0.4, 0.5) is 0 Å². The first-order valence-corrected chi connectivity index (χ1v) is 9.35. The van der Waals surface area contributed by atoms with Crippen molar-refractivity contribution < 1.29 is 8.42 Å². The van der Waals surface area contributed by atoms with Gasteiger partial charge in [0.1, 0.15) is 0 Å². The quantitative estimate of drug-likeness (QED) is 0.799. The predicted octanol–water partition coefficient (Wildman–Crippen LogP) is 2.85. The highest BCUT2D eigenvalue weighted by Crippen LogP contribution is 2.46. The minimum atomic E-state index is -3.17. The molecule has 0 radical (unpaired) electrons. The maximum atomic E-state index is 12.1. The van der Waals surface area contributed by atoms with Crippen LogP contribution in [0.25, 0.3) is 0 Å². The molecule has 3 rings (SSSR count). The van der Waals surface area contributed by atoms with Gasteiger partial charge in [0.25, 0.3) is 0 Å². The van der Waals surface area contributed by atoms with E-state index in [4.69, 9.17) is 0 Å². The number of nitrogens with one attached hydrogen (secondary N) is 1. The summed E-state index contributed by atoms with van der Waals surface area (Å²) in [5, 5.41) is 3.29. The van der Waals surface area contributed by atoms with Crippen LogP contribution in [0.3, 0.4) is 0 Å². The average Bonchev–Trinajstić information content (AvgIpc) is 3.33. The molecule has 116 valence electrons. The summed E-state index contributed by atoms with van der Waals surface area (Å²) in [6, 6.07) is 19.2. The van der Waals surface area contributed by atoms with Gasteiger partial charge in [-0.3, -0.25) is 0 Å². The zero-order valence-electron chi connectivity index (χ0n) is 12.5. The fourth-order valence-electron chi connectivity index (χ4n) is 2.82. The van der Waals surface area contributed by atoms with E-state index in [1.807, 2.05) is 12.1 Å². The summed E-state index contributed by atoms with van der Waals surface area (Å²) in [7, 11) is -3.17. The van der Waals surface area contributed by atoms with Crippen LogP contribution in [0.15, 0.2) is 65.6 Å². The fourth-order valence-corrected chi connectivity index (χ4v) is 4.04. The van der Waals surface area contributed by atoms with Crippen molar-refractivity contribution in [2.45, 2.75) is 17.2 Å². The first-order valence-electron chi connectivity index (χ1n) is 7.70. The van der Waals surface area contributed by atoms with Crippen LogP contribution in [0.1, 0.15) is 17.9 Å². The molecule has 1 saturated carbocycles. The van der Waals surface area contributed by atoms with E-state index < -0.39 is 9.84 Å².